The van der Waals surface area contributed by atoms with Crippen LogP contribution in [0, 0.1) is 0 Å². The van der Waals surface area contributed by atoms with E-state index in [0.29, 0.717) is 5.56 Å². The zero-order valence-electron chi connectivity index (χ0n) is 8.76. The molecule has 0 amide bonds. The number of benzene rings is 2. The monoisotopic (exact) mass is 408 g/mol. The predicted molar refractivity (Wildman–Crippen MR) is 67.4 cm³/mol. The van der Waals surface area contributed by atoms with Gasteiger partial charge in [0.15, 0.2) is 0 Å². The second-order valence-electron chi connectivity index (χ2n) is 3.25. The molecule has 0 saturated carbocycles. The van der Waals surface area contributed by atoms with Crippen LogP contribution in [0.5, 0.6) is 0 Å². The summed E-state index contributed by atoms with van der Waals surface area (Å²) in [6.07, 6.45) is 0. The van der Waals surface area contributed by atoms with Crippen LogP contribution < -0.4 is 0 Å². The van der Waals surface area contributed by atoms with Gasteiger partial charge in [0.2, 0.25) is 0 Å². The van der Waals surface area contributed by atoms with Crippen LogP contribution in [0.1, 0.15) is 10.4 Å². The van der Waals surface area contributed by atoms with E-state index in [2.05, 4.69) is 0 Å². The van der Waals surface area contributed by atoms with Gasteiger partial charge in [-0.05, 0) is 23.3 Å². The van der Waals surface area contributed by atoms with Crippen molar-refractivity contribution in [3.63, 3.8) is 0 Å². The maximum atomic E-state index is 10.6. The fraction of sp³-hybridized carbons (Fsp3) is 0. The van der Waals surface area contributed by atoms with Crippen LogP contribution in [-0.2, 0) is 0 Å². The van der Waals surface area contributed by atoms with Crippen LogP contribution in [0.3, 0.4) is 0 Å². The summed E-state index contributed by atoms with van der Waals surface area (Å²) in [6.45, 7) is 0. The number of hydrogen-bond acceptors (Lipinski definition) is 1. The van der Waals surface area contributed by atoms with Gasteiger partial charge in [0.25, 0.3) is 0 Å². The van der Waals surface area contributed by atoms with Crippen molar-refractivity contribution >= 4 is 33.3 Å². The number of aromatic carboxylic acids is 1. The Labute approximate surface area is 114 Å². The van der Waals surface area contributed by atoms with Gasteiger partial charge in [0, 0.05) is 0 Å². The van der Waals surface area contributed by atoms with Gasteiger partial charge >= 0.3 is 33.3 Å². The summed E-state index contributed by atoms with van der Waals surface area (Å²) >= 11 is 0. The molecule has 0 heterocycles. The fourth-order valence-electron chi connectivity index (χ4n) is 1.44. The first-order valence-electron chi connectivity index (χ1n) is 4.66. The van der Waals surface area contributed by atoms with Gasteiger partial charge in [-0.1, -0.05) is 42.5 Å². The molecule has 0 aliphatic rings. The zero-order valence-corrected chi connectivity index (χ0v) is 14.3. The summed E-state index contributed by atoms with van der Waals surface area (Å²) in [4.78, 5) is 10.6. The molecule has 0 aliphatic heterocycles. The van der Waals surface area contributed by atoms with Crippen LogP contribution >= 0.6 is 0 Å². The van der Waals surface area contributed by atoms with Gasteiger partial charge in [-0.15, -0.1) is 0 Å². The number of rotatable bonds is 2. The van der Waals surface area contributed by atoms with Gasteiger partial charge in [0.1, 0.15) is 0 Å². The Hall–Kier alpha value is -1.17. The first-order chi connectivity index (χ1) is 7.27. The second kappa shape index (κ2) is 5.79. The maximum absolute atomic E-state index is 10.6. The molecule has 0 atom stereocenters. The Balaban J connectivity index is 0.00000128. The van der Waals surface area contributed by atoms with E-state index in [1.54, 1.807) is 12.1 Å². The predicted octanol–water partition coefficient (Wildman–Crippen LogP) is 2.14. The number of carboxylic acid groups (broad SMARTS) is 1. The van der Waals surface area contributed by atoms with E-state index >= 15 is 0 Å². The molecule has 80 valence electrons. The van der Waals surface area contributed by atoms with E-state index in [-0.39, 0.29) is 27.3 Å². The van der Waals surface area contributed by atoms with Crippen molar-refractivity contribution in [2.75, 3.05) is 0 Å². The van der Waals surface area contributed by atoms with Gasteiger partial charge in [-0.25, -0.2) is 4.79 Å². The topological polar surface area (TPSA) is 37.3 Å². The Bertz CT molecular complexity index is 463. The Morgan fingerprint density at radius 3 is 1.81 bits per heavy atom. The fourth-order valence-corrected chi connectivity index (χ4v) is 1.44. The normalized spacial score (nSPS) is 9.25. The van der Waals surface area contributed by atoms with E-state index in [1.807, 2.05) is 42.5 Å². The molecule has 0 bridgehead atoms. The molecule has 16 heavy (non-hydrogen) atoms. The quantitative estimate of drug-likeness (QED) is 0.775. The molecular weight excluding hydrogens is 395 g/mol. The van der Waals surface area contributed by atoms with Gasteiger partial charge in [-0.3, -0.25) is 0 Å². The molecule has 0 unspecified atom stereocenters. The van der Waals surface area contributed by atoms with E-state index in [4.69, 9.17) is 5.11 Å². The standard InChI is InChI=1S/C13H10O2.Pb.2H/c14-13(15)12-8-6-11(7-9-12)10-4-2-1-3-5-10;;;/h1-9H,(H,14,15);;;. The molecule has 0 spiro atoms. The molecule has 0 aromatic heterocycles. The molecule has 2 nitrogen and oxygen atoms in total. The molecule has 3 heteroatoms. The van der Waals surface area contributed by atoms with Crippen LogP contribution in [0.2, 0.25) is 0 Å². The first-order valence-corrected chi connectivity index (χ1v) is 4.66. The van der Waals surface area contributed by atoms with Crippen molar-refractivity contribution in [1.82, 2.24) is 0 Å². The summed E-state index contributed by atoms with van der Waals surface area (Å²) in [5.74, 6) is -0.894. The average Bonchev–Trinajstić information content (AvgIpc) is 2.30. The third-order valence-electron chi connectivity index (χ3n) is 2.24. The molecule has 2 rings (SSSR count). The molecule has 2 aromatic carbocycles. The van der Waals surface area contributed by atoms with Crippen molar-refractivity contribution in [2.24, 2.45) is 0 Å². The summed E-state index contributed by atoms with van der Waals surface area (Å²) in [5, 5.41) is 8.75. The minimum atomic E-state index is -0.894. The molecule has 1 N–H and O–H groups in total. The van der Waals surface area contributed by atoms with Crippen molar-refractivity contribution in [3.8, 4) is 11.1 Å². The van der Waals surface area contributed by atoms with Crippen LogP contribution in [0.4, 0.5) is 0 Å². The van der Waals surface area contributed by atoms with E-state index in [0.717, 1.165) is 11.1 Å². The molecule has 0 aliphatic carbocycles. The summed E-state index contributed by atoms with van der Waals surface area (Å²) in [6, 6.07) is 16.7. The molecule has 2 aromatic rings. The van der Waals surface area contributed by atoms with Gasteiger partial charge < -0.3 is 5.11 Å². The Kier molecular flexibility index (Phi) is 4.67. The molecule has 0 fully saturated rings. The Morgan fingerprint density at radius 2 is 1.31 bits per heavy atom. The summed E-state index contributed by atoms with van der Waals surface area (Å²) in [5.41, 5.74) is 2.43. The van der Waals surface area contributed by atoms with Crippen molar-refractivity contribution in [1.29, 1.82) is 0 Å². The minimum absolute atomic E-state index is 0. The average molecular weight is 407 g/mol. The Morgan fingerprint density at radius 1 is 0.812 bits per heavy atom. The first kappa shape index (κ1) is 12.9. The third kappa shape index (κ3) is 2.91. The molecule has 2 radical (unpaired) electrons. The van der Waals surface area contributed by atoms with Crippen LogP contribution in [-0.4, -0.2) is 38.4 Å². The van der Waals surface area contributed by atoms with E-state index in [1.165, 1.54) is 0 Å². The SMILES string of the molecule is O=C(O)c1ccc(-c2ccccc2)cc1.[PbH2]. The summed E-state index contributed by atoms with van der Waals surface area (Å²) in [7, 11) is 0. The molecular formula is C13H12O2Pb. The van der Waals surface area contributed by atoms with Crippen LogP contribution in [0.15, 0.2) is 54.6 Å². The summed E-state index contributed by atoms with van der Waals surface area (Å²) < 4.78 is 0. The van der Waals surface area contributed by atoms with E-state index in [9.17, 15) is 4.79 Å². The van der Waals surface area contributed by atoms with Crippen molar-refractivity contribution in [3.05, 3.63) is 60.2 Å². The van der Waals surface area contributed by atoms with Gasteiger partial charge in [0.05, 0.1) is 5.56 Å². The van der Waals surface area contributed by atoms with Crippen molar-refractivity contribution < 1.29 is 9.90 Å². The van der Waals surface area contributed by atoms with Crippen molar-refractivity contribution in [2.45, 2.75) is 0 Å². The van der Waals surface area contributed by atoms with Gasteiger partial charge in [-0.2, -0.15) is 0 Å². The number of hydrogen-bond donors (Lipinski definition) is 1. The second-order valence-corrected chi connectivity index (χ2v) is 3.25. The number of carboxylic acids is 1. The van der Waals surface area contributed by atoms with E-state index < -0.39 is 5.97 Å². The number of carbonyl (C=O) groups is 1. The zero-order chi connectivity index (χ0) is 10.7. The third-order valence-corrected chi connectivity index (χ3v) is 2.24. The van der Waals surface area contributed by atoms with Crippen LogP contribution in [0.25, 0.3) is 11.1 Å². The molecule has 0 saturated heterocycles.